The summed E-state index contributed by atoms with van der Waals surface area (Å²) in [6, 6.07) is 9.84. The lowest BCUT2D eigenvalue weighted by atomic mass is 9.91. The van der Waals surface area contributed by atoms with Gasteiger partial charge in [0, 0.05) is 33.5 Å². The Balaban J connectivity index is 2.19. The summed E-state index contributed by atoms with van der Waals surface area (Å²) in [4.78, 5) is 26.3. The molecule has 3 unspecified atom stereocenters. The number of rotatable bonds is 16. The summed E-state index contributed by atoms with van der Waals surface area (Å²) in [7, 11) is 2.59. The first-order chi connectivity index (χ1) is 16.9. The van der Waals surface area contributed by atoms with Gasteiger partial charge in [-0.25, -0.2) is 0 Å². The highest BCUT2D eigenvalue weighted by molar-refractivity contribution is 6.70. The zero-order valence-electron chi connectivity index (χ0n) is 21.8. The van der Waals surface area contributed by atoms with Crippen molar-refractivity contribution in [1.82, 2.24) is 0 Å². The van der Waals surface area contributed by atoms with Gasteiger partial charge in [0.25, 0.3) is 0 Å². The van der Waals surface area contributed by atoms with Crippen LogP contribution in [0.5, 0.6) is 0 Å². The molecule has 0 spiro atoms. The van der Waals surface area contributed by atoms with Gasteiger partial charge in [0.1, 0.15) is 17.9 Å². The maximum atomic E-state index is 13.4. The molecule has 1 heterocycles. The highest BCUT2D eigenvalue weighted by Crippen LogP contribution is 2.42. The van der Waals surface area contributed by atoms with Crippen molar-refractivity contribution in [3.05, 3.63) is 48.6 Å². The SMILES string of the molecule is C=CCOC(=O)C(CCC)C(OCCCC1(OC)CCCC[Si]1(OC)OC)C(=O)c1ccccc1. The molecule has 3 atom stereocenters. The summed E-state index contributed by atoms with van der Waals surface area (Å²) >= 11 is 0. The van der Waals surface area contributed by atoms with Crippen molar-refractivity contribution >= 4 is 20.3 Å². The van der Waals surface area contributed by atoms with Crippen molar-refractivity contribution in [2.45, 2.75) is 69.2 Å². The van der Waals surface area contributed by atoms with Crippen LogP contribution in [0.2, 0.25) is 6.04 Å². The van der Waals surface area contributed by atoms with Crippen LogP contribution in [-0.2, 0) is 27.9 Å². The minimum atomic E-state index is -2.56. The lowest BCUT2D eigenvalue weighted by Crippen LogP contribution is -2.64. The number of ether oxygens (including phenoxy) is 3. The van der Waals surface area contributed by atoms with Crippen molar-refractivity contribution in [3.8, 4) is 0 Å². The predicted octanol–water partition coefficient (Wildman–Crippen LogP) is 5.02. The number of benzene rings is 1. The van der Waals surface area contributed by atoms with Crippen molar-refractivity contribution in [1.29, 1.82) is 0 Å². The standard InChI is InChI=1S/C27H42O7Si/c1-6-14-23(26(29)34-19-7-2)25(24(28)22-15-9-8-10-16-22)33-20-13-18-27(30-3)17-11-12-21-35(27,31-4)32-5/h7-10,15-16,23,25H,2,6,11-14,17-21H2,1,3-5H3. The van der Waals surface area contributed by atoms with E-state index in [0.29, 0.717) is 31.4 Å². The molecule has 196 valence electrons. The first-order valence-electron chi connectivity index (χ1n) is 12.6. The molecule has 7 nitrogen and oxygen atoms in total. The average molecular weight is 507 g/mol. The molecule has 0 saturated carbocycles. The summed E-state index contributed by atoms with van der Waals surface area (Å²) < 4.78 is 29.5. The fourth-order valence-electron chi connectivity index (χ4n) is 5.18. The molecule has 0 radical (unpaired) electrons. The second-order valence-corrected chi connectivity index (χ2v) is 12.7. The normalized spacial score (nSPS) is 21.1. The van der Waals surface area contributed by atoms with Crippen LogP contribution < -0.4 is 0 Å². The molecule has 1 aliphatic rings. The average Bonchev–Trinajstić information content (AvgIpc) is 2.91. The Bertz CT molecular complexity index is 796. The maximum absolute atomic E-state index is 13.4. The van der Waals surface area contributed by atoms with E-state index in [1.54, 1.807) is 45.6 Å². The number of methoxy groups -OCH3 is 1. The van der Waals surface area contributed by atoms with Crippen molar-refractivity contribution in [2.24, 2.45) is 5.92 Å². The largest absolute Gasteiger partial charge is 0.461 e. The molecule has 8 heteroatoms. The van der Waals surface area contributed by atoms with Gasteiger partial charge in [-0.05, 0) is 31.7 Å². The van der Waals surface area contributed by atoms with Crippen LogP contribution in [0, 0.1) is 5.92 Å². The zero-order valence-corrected chi connectivity index (χ0v) is 22.8. The first kappa shape index (κ1) is 29.4. The molecule has 1 aromatic carbocycles. The molecule has 0 N–H and O–H groups in total. The third-order valence-electron chi connectivity index (χ3n) is 7.03. The molecule has 1 saturated heterocycles. The smallest absolute Gasteiger partial charge is 0.370 e. The second kappa shape index (κ2) is 14.7. The van der Waals surface area contributed by atoms with Crippen LogP contribution in [0.25, 0.3) is 0 Å². The predicted molar refractivity (Wildman–Crippen MR) is 137 cm³/mol. The number of hydrogen-bond donors (Lipinski definition) is 0. The lowest BCUT2D eigenvalue weighted by molar-refractivity contribution is -0.152. The Morgan fingerprint density at radius 1 is 1.14 bits per heavy atom. The summed E-state index contributed by atoms with van der Waals surface area (Å²) in [6.45, 7) is 5.99. The van der Waals surface area contributed by atoms with Gasteiger partial charge in [0.15, 0.2) is 5.78 Å². The summed E-state index contributed by atoms with van der Waals surface area (Å²) in [5, 5.41) is -0.469. The fraction of sp³-hybridized carbons (Fsp3) is 0.630. The fourth-order valence-corrected chi connectivity index (χ4v) is 9.10. The van der Waals surface area contributed by atoms with Crippen molar-refractivity contribution < 1.29 is 32.7 Å². The van der Waals surface area contributed by atoms with Crippen LogP contribution >= 0.6 is 0 Å². The number of carbonyl (C=O) groups is 2. The topological polar surface area (TPSA) is 80.3 Å². The number of esters is 1. The Labute approximate surface area is 211 Å². The van der Waals surface area contributed by atoms with Gasteiger partial charge < -0.3 is 23.1 Å². The van der Waals surface area contributed by atoms with Gasteiger partial charge in [0.2, 0.25) is 0 Å². The zero-order chi connectivity index (χ0) is 25.7. The Morgan fingerprint density at radius 2 is 1.86 bits per heavy atom. The van der Waals surface area contributed by atoms with Gasteiger partial charge in [-0.1, -0.05) is 69.2 Å². The van der Waals surface area contributed by atoms with E-state index in [0.717, 1.165) is 31.7 Å². The molecule has 0 aromatic heterocycles. The Morgan fingerprint density at radius 3 is 2.46 bits per heavy atom. The number of hydrogen-bond acceptors (Lipinski definition) is 7. The Hall–Kier alpha value is -1.84. The monoisotopic (exact) mass is 506 g/mol. The van der Waals surface area contributed by atoms with E-state index in [1.165, 1.54) is 6.08 Å². The molecule has 35 heavy (non-hydrogen) atoms. The first-order valence-corrected chi connectivity index (χ1v) is 14.6. The minimum Gasteiger partial charge on any atom is -0.461 e. The van der Waals surface area contributed by atoms with E-state index in [2.05, 4.69) is 6.58 Å². The molecule has 1 aromatic rings. The van der Waals surface area contributed by atoms with Crippen LogP contribution in [0.3, 0.4) is 0 Å². The summed E-state index contributed by atoms with van der Waals surface area (Å²) in [5.74, 6) is -1.34. The van der Waals surface area contributed by atoms with E-state index < -0.39 is 31.8 Å². The molecule has 1 aliphatic heterocycles. The molecule has 0 amide bonds. The highest BCUT2D eigenvalue weighted by Gasteiger charge is 2.58. The minimum absolute atomic E-state index is 0.0996. The lowest BCUT2D eigenvalue weighted by Gasteiger charge is -2.48. The highest BCUT2D eigenvalue weighted by atomic mass is 28.4. The maximum Gasteiger partial charge on any atom is 0.370 e. The number of carbonyl (C=O) groups excluding carboxylic acids is 2. The third kappa shape index (κ3) is 7.10. The van der Waals surface area contributed by atoms with E-state index in [9.17, 15) is 9.59 Å². The molecular formula is C27H42O7Si. The molecule has 2 rings (SSSR count). The summed E-state index contributed by atoms with van der Waals surface area (Å²) in [6.07, 6.45) is 6.14. The van der Waals surface area contributed by atoms with Gasteiger partial charge >= 0.3 is 14.5 Å². The molecule has 1 fully saturated rings. The third-order valence-corrected chi connectivity index (χ3v) is 11.5. The molecule has 0 aliphatic carbocycles. The number of Topliss-reactive ketones (excluding diaryl/α,β-unsaturated/α-hetero) is 1. The van der Waals surface area contributed by atoms with E-state index >= 15 is 0 Å². The second-order valence-electron chi connectivity index (χ2n) is 9.01. The van der Waals surface area contributed by atoms with Crippen molar-refractivity contribution in [3.63, 3.8) is 0 Å². The van der Waals surface area contributed by atoms with E-state index in [4.69, 9.17) is 23.1 Å². The van der Waals surface area contributed by atoms with Gasteiger partial charge in [-0.15, -0.1) is 0 Å². The quantitative estimate of drug-likeness (QED) is 0.102. The van der Waals surface area contributed by atoms with Crippen LogP contribution in [0.4, 0.5) is 0 Å². The van der Waals surface area contributed by atoms with Crippen molar-refractivity contribution in [2.75, 3.05) is 34.5 Å². The Kier molecular flexibility index (Phi) is 12.3. The number of ketones is 1. The van der Waals surface area contributed by atoms with Gasteiger partial charge in [0.05, 0.1) is 5.92 Å². The molecular weight excluding hydrogens is 464 g/mol. The van der Waals surface area contributed by atoms with Crippen LogP contribution in [-0.4, -0.2) is 66.2 Å². The van der Waals surface area contributed by atoms with Gasteiger partial charge in [-0.2, -0.15) is 0 Å². The van der Waals surface area contributed by atoms with Crippen LogP contribution in [0.1, 0.15) is 62.2 Å². The summed E-state index contributed by atoms with van der Waals surface area (Å²) in [5.41, 5.74) is 0.515. The van der Waals surface area contributed by atoms with E-state index in [1.807, 2.05) is 13.0 Å². The van der Waals surface area contributed by atoms with Gasteiger partial charge in [-0.3, -0.25) is 9.59 Å². The van der Waals surface area contributed by atoms with E-state index in [-0.39, 0.29) is 12.4 Å². The van der Waals surface area contributed by atoms with Crippen LogP contribution in [0.15, 0.2) is 43.0 Å². The molecule has 0 bridgehead atoms.